The van der Waals surface area contributed by atoms with E-state index in [1.54, 1.807) is 12.0 Å². The summed E-state index contributed by atoms with van der Waals surface area (Å²) in [6.07, 6.45) is 2.25. The van der Waals surface area contributed by atoms with Gasteiger partial charge in [-0.1, -0.05) is 0 Å². The Morgan fingerprint density at radius 3 is 2.61 bits per heavy atom. The molecule has 0 bridgehead atoms. The average Bonchev–Trinajstić information content (AvgIpc) is 2.54. The number of hydrogen-bond acceptors (Lipinski definition) is 4. The van der Waals surface area contributed by atoms with Crippen LogP contribution in [0.3, 0.4) is 0 Å². The van der Waals surface area contributed by atoms with Crippen molar-refractivity contribution in [2.75, 3.05) is 46.6 Å². The van der Waals surface area contributed by atoms with E-state index in [0.29, 0.717) is 52.3 Å². The van der Waals surface area contributed by atoms with Gasteiger partial charge in [0.25, 0.3) is 0 Å². The van der Waals surface area contributed by atoms with E-state index in [1.165, 1.54) is 0 Å². The second-order valence-electron chi connectivity index (χ2n) is 5.91. The molecule has 134 valence electrons. The molecule has 0 aromatic rings. The molecule has 0 saturated carbocycles. The van der Waals surface area contributed by atoms with E-state index in [1.807, 2.05) is 13.8 Å². The topological polar surface area (TPSA) is 79.9 Å². The molecule has 0 aromatic carbocycles. The van der Waals surface area contributed by atoms with E-state index in [9.17, 15) is 9.59 Å². The number of carbonyl (C=O) groups excluding carboxylic acids is 2. The van der Waals surface area contributed by atoms with Crippen molar-refractivity contribution in [1.29, 1.82) is 0 Å². The zero-order valence-electron chi connectivity index (χ0n) is 14.6. The minimum absolute atomic E-state index is 0.00235. The molecule has 1 heterocycles. The Kier molecular flexibility index (Phi) is 9.63. The van der Waals surface area contributed by atoms with Crippen LogP contribution in [0, 0.1) is 5.92 Å². The number of ether oxygens (including phenoxy) is 2. The van der Waals surface area contributed by atoms with Crippen LogP contribution in [-0.4, -0.2) is 69.4 Å². The van der Waals surface area contributed by atoms with E-state index in [4.69, 9.17) is 9.47 Å². The number of nitrogens with zero attached hydrogens (tertiary/aromatic N) is 1. The van der Waals surface area contributed by atoms with Crippen molar-refractivity contribution in [3.05, 3.63) is 0 Å². The van der Waals surface area contributed by atoms with Crippen molar-refractivity contribution in [1.82, 2.24) is 15.5 Å². The van der Waals surface area contributed by atoms with Gasteiger partial charge in [0, 0.05) is 45.9 Å². The highest BCUT2D eigenvalue weighted by atomic mass is 16.5. The van der Waals surface area contributed by atoms with Crippen LogP contribution in [0.5, 0.6) is 0 Å². The quantitative estimate of drug-likeness (QED) is 0.618. The highest BCUT2D eigenvalue weighted by Gasteiger charge is 2.27. The first-order valence-corrected chi connectivity index (χ1v) is 8.48. The lowest BCUT2D eigenvalue weighted by atomic mass is 9.96. The highest BCUT2D eigenvalue weighted by Crippen LogP contribution is 2.17. The van der Waals surface area contributed by atoms with Gasteiger partial charge >= 0.3 is 6.03 Å². The zero-order valence-corrected chi connectivity index (χ0v) is 14.6. The van der Waals surface area contributed by atoms with Crippen molar-refractivity contribution in [2.24, 2.45) is 5.92 Å². The summed E-state index contributed by atoms with van der Waals surface area (Å²) in [4.78, 5) is 25.9. The number of nitrogens with one attached hydrogen (secondary N) is 2. The molecular formula is C16H31N3O4. The number of amides is 3. The number of likely N-dealkylation sites (tertiary alicyclic amines) is 1. The van der Waals surface area contributed by atoms with Gasteiger partial charge in [0.2, 0.25) is 5.91 Å². The first-order valence-electron chi connectivity index (χ1n) is 8.48. The Labute approximate surface area is 139 Å². The molecule has 1 aliphatic rings. The van der Waals surface area contributed by atoms with Gasteiger partial charge in [-0.05, 0) is 33.1 Å². The van der Waals surface area contributed by atoms with Crippen LogP contribution >= 0.6 is 0 Å². The van der Waals surface area contributed by atoms with Gasteiger partial charge in [-0.15, -0.1) is 0 Å². The maximum absolute atomic E-state index is 12.1. The Morgan fingerprint density at radius 2 is 2.00 bits per heavy atom. The van der Waals surface area contributed by atoms with Crippen molar-refractivity contribution in [3.8, 4) is 0 Å². The van der Waals surface area contributed by atoms with E-state index in [2.05, 4.69) is 10.6 Å². The normalized spacial score (nSPS) is 16.9. The molecule has 1 rings (SSSR count). The summed E-state index contributed by atoms with van der Waals surface area (Å²) in [7, 11) is 1.61. The summed E-state index contributed by atoms with van der Waals surface area (Å²) in [5.74, 6) is 0.0943. The monoisotopic (exact) mass is 329 g/mol. The van der Waals surface area contributed by atoms with E-state index < -0.39 is 0 Å². The second-order valence-corrected chi connectivity index (χ2v) is 5.91. The summed E-state index contributed by atoms with van der Waals surface area (Å²) in [6, 6.07) is -0.0935. The highest BCUT2D eigenvalue weighted by molar-refractivity contribution is 5.79. The molecule has 0 unspecified atom stereocenters. The number of rotatable bonds is 9. The Bertz CT molecular complexity index is 357. The third-order valence-corrected chi connectivity index (χ3v) is 3.91. The smallest absolute Gasteiger partial charge is 0.317 e. The molecule has 2 N–H and O–H groups in total. The molecule has 7 nitrogen and oxygen atoms in total. The Hall–Kier alpha value is -1.34. The lowest BCUT2D eigenvalue weighted by molar-refractivity contribution is -0.126. The van der Waals surface area contributed by atoms with Gasteiger partial charge in [0.05, 0.1) is 12.6 Å². The second kappa shape index (κ2) is 11.2. The van der Waals surface area contributed by atoms with Crippen LogP contribution in [0.15, 0.2) is 0 Å². The summed E-state index contributed by atoms with van der Waals surface area (Å²) in [6.45, 7) is 7.61. The fourth-order valence-corrected chi connectivity index (χ4v) is 2.61. The van der Waals surface area contributed by atoms with Crippen LogP contribution in [-0.2, 0) is 14.3 Å². The largest absolute Gasteiger partial charge is 0.383 e. The molecule has 1 atom stereocenters. The van der Waals surface area contributed by atoms with Crippen molar-refractivity contribution in [3.63, 3.8) is 0 Å². The van der Waals surface area contributed by atoms with Crippen LogP contribution in [0.2, 0.25) is 0 Å². The Balaban J connectivity index is 2.21. The lowest BCUT2D eigenvalue weighted by Gasteiger charge is -2.32. The third kappa shape index (κ3) is 7.65. The average molecular weight is 329 g/mol. The third-order valence-electron chi connectivity index (χ3n) is 3.91. The molecule has 1 fully saturated rings. The van der Waals surface area contributed by atoms with Gasteiger partial charge in [-0.2, -0.15) is 0 Å². The molecule has 0 aromatic heterocycles. The van der Waals surface area contributed by atoms with Crippen molar-refractivity contribution in [2.45, 2.75) is 39.2 Å². The zero-order chi connectivity index (χ0) is 17.1. The van der Waals surface area contributed by atoms with Crippen LogP contribution < -0.4 is 10.6 Å². The summed E-state index contributed by atoms with van der Waals surface area (Å²) >= 11 is 0. The molecule has 1 saturated heterocycles. The minimum Gasteiger partial charge on any atom is -0.383 e. The number of methoxy groups -OCH3 is 1. The maximum atomic E-state index is 12.1. The first-order chi connectivity index (χ1) is 11.1. The van der Waals surface area contributed by atoms with Crippen LogP contribution in [0.25, 0.3) is 0 Å². The van der Waals surface area contributed by atoms with E-state index >= 15 is 0 Å². The maximum Gasteiger partial charge on any atom is 0.317 e. The molecule has 1 aliphatic heterocycles. The van der Waals surface area contributed by atoms with Gasteiger partial charge in [0.1, 0.15) is 0 Å². The molecule has 7 heteroatoms. The fraction of sp³-hybridized carbons (Fsp3) is 0.875. The first kappa shape index (κ1) is 19.7. The van der Waals surface area contributed by atoms with E-state index in [-0.39, 0.29) is 23.9 Å². The van der Waals surface area contributed by atoms with Gasteiger partial charge in [-0.25, -0.2) is 4.79 Å². The van der Waals surface area contributed by atoms with E-state index in [0.717, 1.165) is 6.42 Å². The summed E-state index contributed by atoms with van der Waals surface area (Å²) < 4.78 is 10.2. The molecule has 0 spiro atoms. The SMILES string of the molecule is CCOCCCNC(=O)C1CCN(C(=O)N[C@H](C)COC)CC1. The lowest BCUT2D eigenvalue weighted by Crippen LogP contribution is -2.49. The van der Waals surface area contributed by atoms with Crippen molar-refractivity contribution >= 4 is 11.9 Å². The van der Waals surface area contributed by atoms with Gasteiger partial charge < -0.3 is 25.0 Å². The molecule has 3 amide bonds. The van der Waals surface area contributed by atoms with Crippen LogP contribution in [0.1, 0.15) is 33.1 Å². The number of carbonyl (C=O) groups is 2. The molecular weight excluding hydrogens is 298 g/mol. The van der Waals surface area contributed by atoms with Gasteiger partial charge in [-0.3, -0.25) is 4.79 Å². The predicted molar refractivity (Wildman–Crippen MR) is 88.3 cm³/mol. The predicted octanol–water partition coefficient (Wildman–Crippen LogP) is 0.986. The summed E-state index contributed by atoms with van der Waals surface area (Å²) in [5, 5.41) is 5.85. The molecule has 0 radical (unpaired) electrons. The minimum atomic E-state index is -0.0786. The number of hydrogen-bond donors (Lipinski definition) is 2. The number of urea groups is 1. The standard InChI is InChI=1S/C16H31N3O4/c1-4-23-11-5-8-17-15(20)14-6-9-19(10-7-14)16(21)18-13(2)12-22-3/h13-14H,4-12H2,1-3H3,(H,17,20)(H,18,21)/t13-/m1/s1. The summed E-state index contributed by atoms with van der Waals surface area (Å²) in [5.41, 5.74) is 0. The van der Waals surface area contributed by atoms with Gasteiger partial charge in [0.15, 0.2) is 0 Å². The molecule has 23 heavy (non-hydrogen) atoms. The Morgan fingerprint density at radius 1 is 1.30 bits per heavy atom. The van der Waals surface area contributed by atoms with Crippen LogP contribution in [0.4, 0.5) is 4.79 Å². The number of piperidine rings is 1. The fourth-order valence-electron chi connectivity index (χ4n) is 2.61. The molecule has 0 aliphatic carbocycles. The van der Waals surface area contributed by atoms with Crippen molar-refractivity contribution < 1.29 is 19.1 Å².